The summed E-state index contributed by atoms with van der Waals surface area (Å²) < 4.78 is 21.3. The summed E-state index contributed by atoms with van der Waals surface area (Å²) in [6.45, 7) is 0. The Balaban J connectivity index is 0.577. The highest BCUT2D eigenvalue weighted by Gasteiger charge is 2.27. The van der Waals surface area contributed by atoms with Crippen LogP contribution in [0, 0.1) is 0 Å². The third-order valence-corrected chi connectivity index (χ3v) is 29.6. The Labute approximate surface area is 802 Å². The third kappa shape index (κ3) is 11.2. The molecule has 0 saturated heterocycles. The number of aromatic nitrogens is 15. The Morgan fingerprint density at radius 1 is 0.106 bits per heavy atom. The molecule has 0 aliphatic rings. The van der Waals surface area contributed by atoms with Crippen LogP contribution in [-0.4, -0.2) is 71.0 Å². The van der Waals surface area contributed by atoms with Gasteiger partial charge in [0.15, 0.2) is 17.5 Å². The molecule has 0 aliphatic heterocycles. The van der Waals surface area contributed by atoms with Gasteiger partial charge >= 0.3 is 0 Å². The summed E-state index contributed by atoms with van der Waals surface area (Å²) in [5, 5.41) is 21.0. The van der Waals surface area contributed by atoms with Crippen molar-refractivity contribution in [3.8, 4) is 85.4 Å². The second kappa shape index (κ2) is 29.6. The molecule has 31 aromatic rings. The summed E-state index contributed by atoms with van der Waals surface area (Å²) in [6, 6.07) is 152. The minimum atomic E-state index is 0.495. The Morgan fingerprint density at radius 2 is 0.227 bits per heavy atom. The van der Waals surface area contributed by atoms with E-state index in [1.807, 2.05) is 37.2 Å². The topological polar surface area (TPSA) is 122 Å². The second-order valence-electron chi connectivity index (χ2n) is 37.0. The lowest BCUT2D eigenvalue weighted by Crippen LogP contribution is -2.01. The molecule has 0 unspecified atom stereocenters. The number of para-hydroxylation sites is 12. The lowest BCUT2D eigenvalue weighted by molar-refractivity contribution is 1.07. The molecular weight excluding hydrogens is 1720 g/mol. The molecule has 15 heteroatoms. The zero-order valence-corrected chi connectivity index (χ0v) is 75.5. The first kappa shape index (κ1) is 77.0. The van der Waals surface area contributed by atoms with E-state index in [0.29, 0.717) is 17.5 Å². The monoisotopic (exact) mass is 1800 g/mol. The van der Waals surface area contributed by atoms with Gasteiger partial charge in [0.25, 0.3) is 0 Å². The highest BCUT2D eigenvalue weighted by atomic mass is 15.1. The molecule has 0 fully saturated rings. The zero-order chi connectivity index (χ0) is 91.9. The summed E-state index contributed by atoms with van der Waals surface area (Å²) in [5.41, 5.74) is 30.7. The summed E-state index contributed by atoms with van der Waals surface area (Å²) in [7, 11) is 0. The van der Waals surface area contributed by atoms with Crippen molar-refractivity contribution in [1.29, 1.82) is 0 Å². The first-order chi connectivity index (χ1) is 69.9. The van der Waals surface area contributed by atoms with Crippen molar-refractivity contribution in [2.45, 2.75) is 0 Å². The lowest BCUT2D eigenvalue weighted by atomic mass is 10.0. The minimum Gasteiger partial charge on any atom is -0.309 e. The van der Waals surface area contributed by atoms with Crippen LogP contribution in [0.15, 0.2) is 456 Å². The zero-order valence-electron chi connectivity index (χ0n) is 75.5. The number of benzene rings is 19. The molecule has 12 heterocycles. The second-order valence-corrected chi connectivity index (χ2v) is 37.0. The molecule has 141 heavy (non-hydrogen) atoms. The van der Waals surface area contributed by atoms with Crippen LogP contribution >= 0.6 is 0 Å². The molecule has 0 N–H and O–H groups in total. The van der Waals surface area contributed by atoms with E-state index in [1.54, 1.807) is 0 Å². The van der Waals surface area contributed by atoms with Crippen LogP contribution in [0.4, 0.5) is 0 Å². The van der Waals surface area contributed by atoms with Crippen LogP contribution in [0.2, 0.25) is 0 Å². The van der Waals surface area contributed by atoms with Gasteiger partial charge in [-0.3, -0.25) is 0 Å². The van der Waals surface area contributed by atoms with Gasteiger partial charge in [0, 0.05) is 148 Å². The third-order valence-electron chi connectivity index (χ3n) is 29.6. The van der Waals surface area contributed by atoms with Gasteiger partial charge in [0.1, 0.15) is 0 Å². The molecule has 0 saturated carbocycles. The van der Waals surface area contributed by atoms with Crippen molar-refractivity contribution >= 4 is 196 Å². The Hall–Kier alpha value is -19.4. The molecule has 19 aromatic carbocycles. The molecule has 31 rings (SSSR count). The molecule has 0 spiro atoms. The van der Waals surface area contributed by atoms with Crippen molar-refractivity contribution < 1.29 is 0 Å². The maximum absolute atomic E-state index is 5.43. The largest absolute Gasteiger partial charge is 0.309 e. The van der Waals surface area contributed by atoms with E-state index >= 15 is 0 Å². The molecule has 0 aliphatic carbocycles. The van der Waals surface area contributed by atoms with Crippen molar-refractivity contribution in [3.05, 3.63) is 456 Å². The standard InChI is InChI=1S/C126H75N15/c1-13-37-106-88(25-1)89-26-2-14-38-107(89)133(106)79-49-55-118-100(64-79)101-65-80(134-108-39-15-3-27-90(108)91-28-4-16-40-109(91)134)50-56-119(101)139(118)85-70-127-124(128-71-85)76-61-77(125-129-72-86(73-130-125)140-120-57-51-81(135-110-41-17-5-29-92(110)93-30-6-18-42-111(93)135)66-102(120)103-67-82(52-58-121(103)140)136-112-43-19-7-31-94(112)95-32-8-20-44-113(95)136)63-78(62-76)126-131-74-87(75-132-126)141-122-59-53-83(137-114-45-21-9-33-96(114)97-34-10-22-46-115(97)137)68-104(122)105-69-84(54-60-123(105)141)138-116-47-23-11-35-98(116)99-36-12-24-48-117(99)138/h1-75H. The molecule has 0 bridgehead atoms. The van der Waals surface area contributed by atoms with Gasteiger partial charge in [-0.1, -0.05) is 218 Å². The van der Waals surface area contributed by atoms with E-state index in [0.717, 1.165) is 199 Å². The fraction of sp³-hybridized carbons (Fsp3) is 0. The molecule has 12 aromatic heterocycles. The van der Waals surface area contributed by atoms with Crippen LogP contribution in [0.3, 0.4) is 0 Å². The SMILES string of the molecule is c1ccc2c(c1)c1ccccc1n2-c1ccc2c(c1)c1cc(-n3c4ccccc4c4ccccc43)ccc1n2-c1cnc(-c2cc(-c3ncc(-n4c5ccc(-n6c7ccccc7c7ccccc76)cc5c5cc(-n6c7ccccc7c7ccccc76)ccc54)cn3)cc(-c3ncc(-n4c5ccc(-n6c7ccccc7c7ccccc76)cc5c5cc(-n6c7ccccc7c7ccccc76)ccc54)cn3)c2)nc1. The predicted molar refractivity (Wildman–Crippen MR) is 579 cm³/mol. The maximum Gasteiger partial charge on any atom is 0.159 e. The van der Waals surface area contributed by atoms with Crippen LogP contribution in [0.1, 0.15) is 0 Å². The Kier molecular flexibility index (Phi) is 16.1. The number of hydrogen-bond acceptors (Lipinski definition) is 6. The summed E-state index contributed by atoms with van der Waals surface area (Å²) in [6.07, 6.45) is 11.7. The van der Waals surface area contributed by atoms with Crippen molar-refractivity contribution in [2.24, 2.45) is 0 Å². The van der Waals surface area contributed by atoms with Crippen molar-refractivity contribution in [1.82, 2.24) is 71.0 Å². The Bertz CT molecular complexity index is 8990. The van der Waals surface area contributed by atoms with Gasteiger partial charge < -0.3 is 41.1 Å². The smallest absolute Gasteiger partial charge is 0.159 e. The van der Waals surface area contributed by atoms with E-state index in [2.05, 4.69) is 460 Å². The quantitative estimate of drug-likeness (QED) is 0.120. The van der Waals surface area contributed by atoms with Gasteiger partial charge in [-0.15, -0.1) is 0 Å². The van der Waals surface area contributed by atoms with Gasteiger partial charge in [-0.05, 0) is 200 Å². The minimum absolute atomic E-state index is 0.495. The number of fused-ring (bicyclic) bond motifs is 27. The molecule has 654 valence electrons. The number of nitrogens with zero attached hydrogens (tertiary/aromatic N) is 15. The normalized spacial score (nSPS) is 12.3. The first-order valence-electron chi connectivity index (χ1n) is 47.7. The van der Waals surface area contributed by atoms with Crippen LogP contribution in [-0.2, 0) is 0 Å². The molecule has 15 nitrogen and oxygen atoms in total. The summed E-state index contributed by atoms with van der Waals surface area (Å²) in [4.78, 5) is 32.6. The van der Waals surface area contributed by atoms with Gasteiger partial charge in [0.05, 0.1) is 154 Å². The van der Waals surface area contributed by atoms with Crippen molar-refractivity contribution in [3.63, 3.8) is 0 Å². The van der Waals surface area contributed by atoms with Crippen LogP contribution in [0.25, 0.3) is 282 Å². The van der Waals surface area contributed by atoms with Gasteiger partial charge in [0.2, 0.25) is 0 Å². The Morgan fingerprint density at radius 3 is 0.369 bits per heavy atom. The summed E-state index contributed by atoms with van der Waals surface area (Å²) in [5.74, 6) is 1.49. The highest BCUT2D eigenvalue weighted by molar-refractivity contribution is 6.20. The molecule has 0 amide bonds. The van der Waals surface area contributed by atoms with E-state index < -0.39 is 0 Å². The predicted octanol–water partition coefficient (Wildman–Crippen LogP) is 30.9. The highest BCUT2D eigenvalue weighted by Crippen LogP contribution is 2.47. The van der Waals surface area contributed by atoms with E-state index in [9.17, 15) is 0 Å². The van der Waals surface area contributed by atoms with E-state index in [1.165, 1.54) is 64.6 Å². The maximum atomic E-state index is 5.43. The van der Waals surface area contributed by atoms with Crippen LogP contribution in [0.5, 0.6) is 0 Å². The number of hydrogen-bond donors (Lipinski definition) is 0. The van der Waals surface area contributed by atoms with Gasteiger partial charge in [-0.2, -0.15) is 0 Å². The van der Waals surface area contributed by atoms with E-state index in [4.69, 9.17) is 29.9 Å². The van der Waals surface area contributed by atoms with Crippen LogP contribution < -0.4 is 0 Å². The average molecular weight is 1800 g/mol. The lowest BCUT2D eigenvalue weighted by Gasteiger charge is -2.13. The molecular formula is C126H75N15. The molecule has 0 radical (unpaired) electrons. The fourth-order valence-electron chi connectivity index (χ4n) is 23.6. The van der Waals surface area contributed by atoms with E-state index in [-0.39, 0.29) is 0 Å². The number of rotatable bonds is 12. The average Bonchev–Trinajstić information content (AvgIpc) is 1.56. The fourth-order valence-corrected chi connectivity index (χ4v) is 23.6. The first-order valence-corrected chi connectivity index (χ1v) is 47.7. The van der Waals surface area contributed by atoms with Gasteiger partial charge in [-0.25, -0.2) is 29.9 Å². The summed E-state index contributed by atoms with van der Waals surface area (Å²) >= 11 is 0. The molecule has 0 atom stereocenters. The van der Waals surface area contributed by atoms with Crippen molar-refractivity contribution in [2.75, 3.05) is 0 Å².